The van der Waals surface area contributed by atoms with Gasteiger partial charge in [0.25, 0.3) is 11.8 Å². The van der Waals surface area contributed by atoms with Gasteiger partial charge in [-0.15, -0.1) is 11.3 Å². The maximum absolute atomic E-state index is 12.4. The summed E-state index contributed by atoms with van der Waals surface area (Å²) in [5.41, 5.74) is 3.55. The summed E-state index contributed by atoms with van der Waals surface area (Å²) in [6.45, 7) is 0.645. The Morgan fingerprint density at radius 2 is 1.96 bits per heavy atom. The Balaban J connectivity index is 1.33. The molecule has 4 rings (SSSR count). The van der Waals surface area contributed by atoms with Gasteiger partial charge < -0.3 is 15.6 Å². The van der Waals surface area contributed by atoms with E-state index in [2.05, 4.69) is 27.8 Å². The Labute approximate surface area is 167 Å². The van der Waals surface area contributed by atoms with Crippen LogP contribution in [-0.4, -0.2) is 23.3 Å². The van der Waals surface area contributed by atoms with Crippen molar-refractivity contribution >= 4 is 39.8 Å². The molecular formula is C22H21N3O2S. The first kappa shape index (κ1) is 18.3. The monoisotopic (exact) mass is 391 g/mol. The number of unbranched alkanes of at least 4 members (excludes halogenated alkanes) is 1. The number of amides is 2. The third kappa shape index (κ3) is 4.07. The molecule has 0 fully saturated rings. The zero-order chi connectivity index (χ0) is 19.3. The summed E-state index contributed by atoms with van der Waals surface area (Å²) >= 11 is 1.32. The van der Waals surface area contributed by atoms with Gasteiger partial charge in [0, 0.05) is 24.0 Å². The summed E-state index contributed by atoms with van der Waals surface area (Å²) in [7, 11) is 0. The SMILES string of the molecule is O=C1Nc2sc(C(=O)NCCCCc3ccccc3)cc2/C1=C/c1ccc[nH]1. The van der Waals surface area contributed by atoms with Crippen LogP contribution in [0.1, 0.15) is 39.3 Å². The zero-order valence-electron chi connectivity index (χ0n) is 15.3. The molecule has 3 N–H and O–H groups in total. The number of benzene rings is 1. The quantitative estimate of drug-likeness (QED) is 0.414. The first-order valence-electron chi connectivity index (χ1n) is 9.33. The highest BCUT2D eigenvalue weighted by atomic mass is 32.1. The molecule has 3 heterocycles. The van der Waals surface area contributed by atoms with Crippen LogP contribution in [0.5, 0.6) is 0 Å². The second-order valence-electron chi connectivity index (χ2n) is 6.69. The van der Waals surface area contributed by atoms with Gasteiger partial charge in [-0.2, -0.15) is 0 Å². The lowest BCUT2D eigenvalue weighted by Gasteiger charge is -2.04. The van der Waals surface area contributed by atoms with Gasteiger partial charge in [0.2, 0.25) is 0 Å². The number of aromatic nitrogens is 1. The molecule has 0 aliphatic carbocycles. The van der Waals surface area contributed by atoms with Crippen LogP contribution in [0, 0.1) is 0 Å². The van der Waals surface area contributed by atoms with Crippen molar-refractivity contribution in [2.45, 2.75) is 19.3 Å². The molecule has 5 nitrogen and oxygen atoms in total. The van der Waals surface area contributed by atoms with Crippen LogP contribution < -0.4 is 10.6 Å². The average molecular weight is 391 g/mol. The van der Waals surface area contributed by atoms with E-state index in [1.54, 1.807) is 12.1 Å². The van der Waals surface area contributed by atoms with Crippen molar-refractivity contribution in [3.63, 3.8) is 0 Å². The standard InChI is InChI=1S/C22H21N3O2S/c26-20-17(13-16-10-6-12-23-16)18-14-19(28-22(18)25-20)21(27)24-11-5-4-9-15-7-2-1-3-8-15/h1-3,6-8,10,12-14,23H,4-5,9,11H2,(H,24,27)(H,25,26)/b17-13-. The number of carbonyl (C=O) groups excluding carboxylic acids is 2. The fourth-order valence-electron chi connectivity index (χ4n) is 3.21. The number of hydrogen-bond donors (Lipinski definition) is 3. The Hall–Kier alpha value is -3.12. The van der Waals surface area contributed by atoms with E-state index in [1.165, 1.54) is 16.9 Å². The topological polar surface area (TPSA) is 74.0 Å². The van der Waals surface area contributed by atoms with E-state index in [-0.39, 0.29) is 11.8 Å². The highest BCUT2D eigenvalue weighted by Crippen LogP contribution is 2.39. The van der Waals surface area contributed by atoms with Gasteiger partial charge in [-0.3, -0.25) is 9.59 Å². The third-order valence-electron chi connectivity index (χ3n) is 4.66. The van der Waals surface area contributed by atoms with E-state index in [1.807, 2.05) is 36.5 Å². The Bertz CT molecular complexity index is 1000. The van der Waals surface area contributed by atoms with E-state index in [0.29, 0.717) is 17.0 Å². The summed E-state index contributed by atoms with van der Waals surface area (Å²) < 4.78 is 0. The van der Waals surface area contributed by atoms with Crippen LogP contribution in [0.15, 0.2) is 54.7 Å². The minimum Gasteiger partial charge on any atom is -0.362 e. The molecule has 1 aliphatic rings. The van der Waals surface area contributed by atoms with Crippen molar-refractivity contribution in [1.82, 2.24) is 10.3 Å². The number of aromatic amines is 1. The molecule has 0 bridgehead atoms. The van der Waals surface area contributed by atoms with E-state index >= 15 is 0 Å². The van der Waals surface area contributed by atoms with Crippen LogP contribution in [0.25, 0.3) is 11.6 Å². The predicted molar refractivity (Wildman–Crippen MR) is 113 cm³/mol. The largest absolute Gasteiger partial charge is 0.362 e. The molecular weight excluding hydrogens is 370 g/mol. The lowest BCUT2D eigenvalue weighted by molar-refractivity contribution is -0.110. The number of fused-ring (bicyclic) bond motifs is 1. The maximum atomic E-state index is 12.4. The summed E-state index contributed by atoms with van der Waals surface area (Å²) in [5, 5.41) is 6.56. The van der Waals surface area contributed by atoms with E-state index < -0.39 is 0 Å². The number of thiophene rings is 1. The van der Waals surface area contributed by atoms with Crippen LogP contribution >= 0.6 is 11.3 Å². The smallest absolute Gasteiger partial charge is 0.261 e. The van der Waals surface area contributed by atoms with E-state index in [4.69, 9.17) is 0 Å². The zero-order valence-corrected chi connectivity index (χ0v) is 16.1. The molecule has 1 aromatic carbocycles. The van der Waals surface area contributed by atoms with Gasteiger partial charge in [0.15, 0.2) is 0 Å². The van der Waals surface area contributed by atoms with Crippen molar-refractivity contribution < 1.29 is 9.59 Å². The minimum atomic E-state index is -0.135. The van der Waals surface area contributed by atoms with Crippen molar-refractivity contribution in [2.24, 2.45) is 0 Å². The summed E-state index contributed by atoms with van der Waals surface area (Å²) in [6.07, 6.45) is 6.59. The highest BCUT2D eigenvalue weighted by molar-refractivity contribution is 7.18. The molecule has 0 atom stereocenters. The number of H-pyrrole nitrogens is 1. The van der Waals surface area contributed by atoms with Gasteiger partial charge in [-0.05, 0) is 49.1 Å². The van der Waals surface area contributed by atoms with Gasteiger partial charge >= 0.3 is 0 Å². The van der Waals surface area contributed by atoms with Crippen molar-refractivity contribution in [1.29, 1.82) is 0 Å². The molecule has 6 heteroatoms. The van der Waals surface area contributed by atoms with Crippen molar-refractivity contribution in [2.75, 3.05) is 11.9 Å². The first-order valence-corrected chi connectivity index (χ1v) is 10.1. The molecule has 142 valence electrons. The van der Waals surface area contributed by atoms with E-state index in [0.717, 1.165) is 35.5 Å². The van der Waals surface area contributed by atoms with Crippen LogP contribution in [0.4, 0.5) is 5.00 Å². The van der Waals surface area contributed by atoms with Gasteiger partial charge in [0.05, 0.1) is 10.5 Å². The van der Waals surface area contributed by atoms with Gasteiger partial charge in [0.1, 0.15) is 5.00 Å². The molecule has 0 saturated heterocycles. The summed E-state index contributed by atoms with van der Waals surface area (Å²) in [5.74, 6) is -0.226. The second kappa shape index (κ2) is 8.27. The van der Waals surface area contributed by atoms with Crippen LogP contribution in [0.3, 0.4) is 0 Å². The number of hydrogen-bond acceptors (Lipinski definition) is 3. The lowest BCUT2D eigenvalue weighted by atomic mass is 10.1. The predicted octanol–water partition coefficient (Wildman–Crippen LogP) is 4.32. The lowest BCUT2D eigenvalue weighted by Crippen LogP contribution is -2.23. The van der Waals surface area contributed by atoms with Crippen LogP contribution in [0.2, 0.25) is 0 Å². The number of carbonyl (C=O) groups is 2. The molecule has 2 amide bonds. The molecule has 0 spiro atoms. The number of aryl methyl sites for hydroxylation is 1. The third-order valence-corrected chi connectivity index (χ3v) is 5.71. The molecule has 2 aromatic heterocycles. The van der Waals surface area contributed by atoms with Crippen molar-refractivity contribution in [3.8, 4) is 0 Å². The molecule has 0 unspecified atom stereocenters. The van der Waals surface area contributed by atoms with Crippen molar-refractivity contribution in [3.05, 3.63) is 76.4 Å². The summed E-state index contributed by atoms with van der Waals surface area (Å²) in [4.78, 5) is 28.3. The Morgan fingerprint density at radius 1 is 1.11 bits per heavy atom. The van der Waals surface area contributed by atoms with Crippen LogP contribution in [-0.2, 0) is 11.2 Å². The normalized spacial score (nSPS) is 14.1. The van der Waals surface area contributed by atoms with E-state index in [9.17, 15) is 9.59 Å². The first-order chi connectivity index (χ1) is 13.7. The Morgan fingerprint density at radius 3 is 2.75 bits per heavy atom. The summed E-state index contributed by atoms with van der Waals surface area (Å²) in [6, 6.07) is 15.9. The average Bonchev–Trinajstić information content (AvgIpc) is 3.41. The molecule has 1 aliphatic heterocycles. The Kier molecular flexibility index (Phi) is 5.39. The molecule has 28 heavy (non-hydrogen) atoms. The molecule has 3 aromatic rings. The fourth-order valence-corrected chi connectivity index (χ4v) is 4.19. The fraction of sp³-hybridized carbons (Fsp3) is 0.182. The molecule has 0 radical (unpaired) electrons. The number of rotatable bonds is 7. The second-order valence-corrected chi connectivity index (χ2v) is 7.74. The highest BCUT2D eigenvalue weighted by Gasteiger charge is 2.28. The van der Waals surface area contributed by atoms with Gasteiger partial charge in [-0.1, -0.05) is 30.3 Å². The minimum absolute atomic E-state index is 0.0902. The number of anilines is 1. The maximum Gasteiger partial charge on any atom is 0.261 e. The number of nitrogens with one attached hydrogen (secondary N) is 3. The molecule has 0 saturated carbocycles. The van der Waals surface area contributed by atoms with Gasteiger partial charge in [-0.25, -0.2) is 0 Å².